The van der Waals surface area contributed by atoms with Gasteiger partial charge in [0.25, 0.3) is 5.91 Å². The molecule has 1 aliphatic rings. The summed E-state index contributed by atoms with van der Waals surface area (Å²) in [5.41, 5.74) is 1.38. The van der Waals surface area contributed by atoms with Crippen LogP contribution in [0.25, 0.3) is 5.69 Å². The second-order valence-electron chi connectivity index (χ2n) is 6.02. The third-order valence-corrected chi connectivity index (χ3v) is 4.74. The van der Waals surface area contributed by atoms with Crippen LogP contribution in [0.4, 0.5) is 0 Å². The SMILES string of the molecule is CC1CCCN(C(=O)c2cnn(-c3ccc(Cl)cc3)c2)C1CO. The molecule has 2 aromatic rings. The number of halogens is 1. The number of benzene rings is 1. The zero-order valence-electron chi connectivity index (χ0n) is 13.0. The molecule has 23 heavy (non-hydrogen) atoms. The van der Waals surface area contributed by atoms with E-state index in [0.717, 1.165) is 18.5 Å². The van der Waals surface area contributed by atoms with E-state index < -0.39 is 0 Å². The molecule has 2 heterocycles. The van der Waals surface area contributed by atoms with E-state index in [9.17, 15) is 9.90 Å². The van der Waals surface area contributed by atoms with Crippen molar-refractivity contribution in [3.05, 3.63) is 47.2 Å². The highest BCUT2D eigenvalue weighted by Crippen LogP contribution is 2.25. The lowest BCUT2D eigenvalue weighted by Crippen LogP contribution is -2.49. The Labute approximate surface area is 140 Å². The maximum atomic E-state index is 12.8. The van der Waals surface area contributed by atoms with Gasteiger partial charge in [-0.2, -0.15) is 5.10 Å². The zero-order valence-corrected chi connectivity index (χ0v) is 13.8. The Kier molecular flexibility index (Phi) is 4.68. The average Bonchev–Trinajstić information content (AvgIpc) is 3.04. The highest BCUT2D eigenvalue weighted by Gasteiger charge is 2.32. The number of aliphatic hydroxyl groups excluding tert-OH is 1. The summed E-state index contributed by atoms with van der Waals surface area (Å²) < 4.78 is 1.66. The number of carbonyl (C=O) groups excluding carboxylic acids is 1. The van der Waals surface area contributed by atoms with Crippen LogP contribution in [-0.4, -0.2) is 44.9 Å². The normalized spacial score (nSPS) is 21.4. The van der Waals surface area contributed by atoms with Gasteiger partial charge in [0.1, 0.15) is 0 Å². The highest BCUT2D eigenvalue weighted by atomic mass is 35.5. The molecule has 5 nitrogen and oxygen atoms in total. The van der Waals surface area contributed by atoms with Gasteiger partial charge in [0, 0.05) is 17.8 Å². The fraction of sp³-hybridized carbons (Fsp3) is 0.412. The van der Waals surface area contributed by atoms with E-state index in [1.807, 2.05) is 12.1 Å². The van der Waals surface area contributed by atoms with Gasteiger partial charge in [0.15, 0.2) is 0 Å². The molecule has 0 aliphatic carbocycles. The molecule has 122 valence electrons. The highest BCUT2D eigenvalue weighted by molar-refractivity contribution is 6.30. The molecule has 1 aromatic carbocycles. The summed E-state index contributed by atoms with van der Waals surface area (Å²) in [6.45, 7) is 2.76. The Bertz CT molecular complexity index is 683. The van der Waals surface area contributed by atoms with Crippen LogP contribution < -0.4 is 0 Å². The molecule has 2 atom stereocenters. The first-order valence-electron chi connectivity index (χ1n) is 7.82. The molecule has 0 bridgehead atoms. The number of carbonyl (C=O) groups is 1. The Balaban J connectivity index is 1.82. The topological polar surface area (TPSA) is 58.4 Å². The van der Waals surface area contributed by atoms with E-state index in [0.29, 0.717) is 23.0 Å². The van der Waals surface area contributed by atoms with Gasteiger partial charge in [-0.25, -0.2) is 4.68 Å². The molecular formula is C17H20ClN3O2. The minimum absolute atomic E-state index is 0.00176. The van der Waals surface area contributed by atoms with E-state index in [1.54, 1.807) is 34.1 Å². The number of likely N-dealkylation sites (tertiary alicyclic amines) is 1. The number of nitrogens with zero attached hydrogens (tertiary/aromatic N) is 3. The Hall–Kier alpha value is -1.85. The van der Waals surface area contributed by atoms with Crippen molar-refractivity contribution in [1.82, 2.24) is 14.7 Å². The molecule has 6 heteroatoms. The van der Waals surface area contributed by atoms with Crippen molar-refractivity contribution in [3.63, 3.8) is 0 Å². The van der Waals surface area contributed by atoms with Crippen molar-refractivity contribution in [1.29, 1.82) is 0 Å². The summed E-state index contributed by atoms with van der Waals surface area (Å²) in [5.74, 6) is 0.236. The first-order valence-corrected chi connectivity index (χ1v) is 8.20. The van der Waals surface area contributed by atoms with E-state index in [-0.39, 0.29) is 18.6 Å². The monoisotopic (exact) mass is 333 g/mol. The average molecular weight is 334 g/mol. The lowest BCUT2D eigenvalue weighted by Gasteiger charge is -2.38. The van der Waals surface area contributed by atoms with E-state index in [4.69, 9.17) is 11.6 Å². The summed E-state index contributed by atoms with van der Waals surface area (Å²) in [5, 5.41) is 14.5. The summed E-state index contributed by atoms with van der Waals surface area (Å²) >= 11 is 5.89. The standard InChI is InChI=1S/C17H20ClN3O2/c1-12-3-2-8-20(16(12)11-22)17(23)13-9-19-21(10-13)15-6-4-14(18)5-7-15/h4-7,9-10,12,16,22H,2-3,8,11H2,1H3. The number of amides is 1. The zero-order chi connectivity index (χ0) is 16.4. The molecule has 0 radical (unpaired) electrons. The third kappa shape index (κ3) is 3.26. The van der Waals surface area contributed by atoms with Crippen LogP contribution >= 0.6 is 11.6 Å². The van der Waals surface area contributed by atoms with Gasteiger partial charge in [-0.1, -0.05) is 18.5 Å². The minimum atomic E-state index is -0.116. The van der Waals surface area contributed by atoms with Crippen LogP contribution in [0.3, 0.4) is 0 Å². The number of rotatable bonds is 3. The fourth-order valence-corrected chi connectivity index (χ4v) is 3.24. The molecule has 1 saturated heterocycles. The smallest absolute Gasteiger partial charge is 0.257 e. The van der Waals surface area contributed by atoms with Gasteiger partial charge in [-0.05, 0) is 43.0 Å². The van der Waals surface area contributed by atoms with E-state index in [1.165, 1.54) is 0 Å². The first-order chi connectivity index (χ1) is 11.1. The Morgan fingerprint density at radius 3 is 2.83 bits per heavy atom. The fourth-order valence-electron chi connectivity index (χ4n) is 3.11. The van der Waals surface area contributed by atoms with Crippen LogP contribution in [0, 0.1) is 5.92 Å². The molecule has 1 N–H and O–H groups in total. The van der Waals surface area contributed by atoms with Crippen molar-refractivity contribution in [2.45, 2.75) is 25.8 Å². The number of aromatic nitrogens is 2. The maximum Gasteiger partial charge on any atom is 0.257 e. The number of hydrogen-bond acceptors (Lipinski definition) is 3. The lowest BCUT2D eigenvalue weighted by molar-refractivity contribution is 0.0358. The molecule has 1 aromatic heterocycles. The van der Waals surface area contributed by atoms with Gasteiger partial charge >= 0.3 is 0 Å². The van der Waals surface area contributed by atoms with Crippen molar-refractivity contribution in [2.24, 2.45) is 5.92 Å². The third-order valence-electron chi connectivity index (χ3n) is 4.48. The van der Waals surface area contributed by atoms with Crippen molar-refractivity contribution >= 4 is 17.5 Å². The van der Waals surface area contributed by atoms with Gasteiger partial charge < -0.3 is 10.0 Å². The first kappa shape index (κ1) is 16.0. The molecule has 1 aliphatic heterocycles. The largest absolute Gasteiger partial charge is 0.394 e. The molecule has 1 amide bonds. The Morgan fingerprint density at radius 1 is 1.39 bits per heavy atom. The summed E-state index contributed by atoms with van der Waals surface area (Å²) in [7, 11) is 0. The number of piperidine rings is 1. The van der Waals surface area contributed by atoms with Crippen LogP contribution in [0.5, 0.6) is 0 Å². The van der Waals surface area contributed by atoms with Crippen LogP contribution in [0.2, 0.25) is 5.02 Å². The van der Waals surface area contributed by atoms with Crippen LogP contribution in [0.15, 0.2) is 36.7 Å². The van der Waals surface area contributed by atoms with Gasteiger partial charge in [-0.15, -0.1) is 0 Å². The van der Waals surface area contributed by atoms with Crippen LogP contribution in [0.1, 0.15) is 30.1 Å². The molecule has 3 rings (SSSR count). The van der Waals surface area contributed by atoms with Gasteiger partial charge in [0.05, 0.1) is 30.1 Å². The molecule has 1 fully saturated rings. The minimum Gasteiger partial charge on any atom is -0.394 e. The molecule has 0 spiro atoms. The van der Waals surface area contributed by atoms with Crippen molar-refractivity contribution in [2.75, 3.05) is 13.2 Å². The van der Waals surface area contributed by atoms with Gasteiger partial charge in [0.2, 0.25) is 0 Å². The maximum absolute atomic E-state index is 12.8. The number of aliphatic hydroxyl groups is 1. The molecule has 0 saturated carbocycles. The van der Waals surface area contributed by atoms with Gasteiger partial charge in [-0.3, -0.25) is 4.79 Å². The summed E-state index contributed by atoms with van der Waals surface area (Å²) in [6.07, 6.45) is 5.30. The molecular weight excluding hydrogens is 314 g/mol. The van der Waals surface area contributed by atoms with E-state index >= 15 is 0 Å². The predicted molar refractivity (Wildman–Crippen MR) is 88.9 cm³/mol. The van der Waals surface area contributed by atoms with E-state index in [2.05, 4.69) is 12.0 Å². The second-order valence-corrected chi connectivity index (χ2v) is 6.45. The summed E-state index contributed by atoms with van der Waals surface area (Å²) in [6, 6.07) is 7.16. The lowest BCUT2D eigenvalue weighted by atomic mass is 9.91. The second kappa shape index (κ2) is 6.72. The van der Waals surface area contributed by atoms with Crippen LogP contribution in [-0.2, 0) is 0 Å². The number of hydrogen-bond donors (Lipinski definition) is 1. The van der Waals surface area contributed by atoms with Crippen molar-refractivity contribution in [3.8, 4) is 5.69 Å². The Morgan fingerprint density at radius 2 is 2.13 bits per heavy atom. The van der Waals surface area contributed by atoms with Crippen molar-refractivity contribution < 1.29 is 9.90 Å². The quantitative estimate of drug-likeness (QED) is 0.939. The predicted octanol–water partition coefficient (Wildman–Crippen LogP) is 2.76. The molecule has 2 unspecified atom stereocenters. The summed E-state index contributed by atoms with van der Waals surface area (Å²) in [4.78, 5) is 14.5.